The fourth-order valence-corrected chi connectivity index (χ4v) is 4.03. The lowest BCUT2D eigenvalue weighted by Crippen LogP contribution is -2.14. The van der Waals surface area contributed by atoms with Gasteiger partial charge in [-0.3, -0.25) is 9.48 Å². The average Bonchev–Trinajstić information content (AvgIpc) is 3.47. The number of methoxy groups -OCH3 is 1. The molecule has 0 radical (unpaired) electrons. The molecule has 3 heterocycles. The summed E-state index contributed by atoms with van der Waals surface area (Å²) in [6.07, 6.45) is -0.315. The van der Waals surface area contributed by atoms with E-state index < -0.39 is 23.8 Å². The van der Waals surface area contributed by atoms with E-state index in [1.54, 1.807) is 42.5 Å². The second-order valence-corrected chi connectivity index (χ2v) is 8.34. The largest absolute Gasteiger partial charge is 0.496 e. The topological polar surface area (TPSA) is 86.3 Å². The maximum absolute atomic E-state index is 14.0. The van der Waals surface area contributed by atoms with Gasteiger partial charge in [0.15, 0.2) is 11.5 Å². The second-order valence-electron chi connectivity index (χ2n) is 7.93. The molecule has 12 heteroatoms. The fraction of sp³-hybridized carbons (Fsp3) is 0.120. The van der Waals surface area contributed by atoms with Crippen LogP contribution in [-0.2, 0) is 6.54 Å². The maximum atomic E-state index is 14.0. The van der Waals surface area contributed by atoms with E-state index in [-0.39, 0.29) is 34.3 Å². The number of aromatic nitrogens is 5. The Morgan fingerprint density at radius 1 is 1.16 bits per heavy atom. The van der Waals surface area contributed by atoms with E-state index in [9.17, 15) is 18.0 Å². The maximum Gasteiger partial charge on any atom is 0.280 e. The smallest absolute Gasteiger partial charge is 0.280 e. The summed E-state index contributed by atoms with van der Waals surface area (Å²) < 4.78 is 49.5. The van der Waals surface area contributed by atoms with Crippen LogP contribution in [0.25, 0.3) is 16.9 Å². The Morgan fingerprint density at radius 3 is 2.68 bits per heavy atom. The number of nitrogens with one attached hydrogen (secondary N) is 1. The lowest BCUT2D eigenvalue weighted by atomic mass is 10.1. The second kappa shape index (κ2) is 9.94. The van der Waals surface area contributed by atoms with Crippen LogP contribution in [0.2, 0.25) is 5.02 Å². The Labute approximate surface area is 213 Å². The first-order valence-electron chi connectivity index (χ1n) is 10.9. The molecule has 0 fully saturated rings. The van der Waals surface area contributed by atoms with Gasteiger partial charge in [-0.15, -0.1) is 0 Å². The molecular formula is C25H18ClF3N6O2. The molecule has 0 saturated heterocycles. The minimum atomic E-state index is -2.89. The van der Waals surface area contributed by atoms with E-state index in [2.05, 4.69) is 20.5 Å². The van der Waals surface area contributed by atoms with E-state index >= 15 is 0 Å². The number of nitrogens with zero attached hydrogens (tertiary/aromatic N) is 5. The zero-order valence-corrected chi connectivity index (χ0v) is 20.0. The number of halogens is 4. The SMILES string of the molecule is COc1ccccc1-c1cc(C(F)F)n2ncc(C(=O)Nc3nn(Cc4ccccc4F)cc3Cl)c2n1. The first kappa shape index (κ1) is 24.3. The molecule has 37 heavy (non-hydrogen) atoms. The quantitative estimate of drug-likeness (QED) is 0.297. The van der Waals surface area contributed by atoms with Crippen LogP contribution >= 0.6 is 11.6 Å². The molecule has 3 aromatic heterocycles. The molecule has 5 aromatic rings. The number of fused-ring (bicyclic) bond motifs is 1. The summed E-state index contributed by atoms with van der Waals surface area (Å²) >= 11 is 6.24. The number of anilines is 1. The Hall–Kier alpha value is -4.38. The van der Waals surface area contributed by atoms with Crippen molar-refractivity contribution in [1.29, 1.82) is 0 Å². The summed E-state index contributed by atoms with van der Waals surface area (Å²) in [5.41, 5.74) is 0.433. The van der Waals surface area contributed by atoms with Gasteiger partial charge in [0.1, 0.15) is 27.8 Å². The number of amides is 1. The average molecular weight is 527 g/mol. The Balaban J connectivity index is 1.50. The van der Waals surface area contributed by atoms with Crippen LogP contribution in [0.3, 0.4) is 0 Å². The van der Waals surface area contributed by atoms with E-state index in [1.165, 1.54) is 30.1 Å². The molecular weight excluding hydrogens is 509 g/mol. The number of hydrogen-bond acceptors (Lipinski definition) is 5. The molecule has 0 aliphatic rings. The predicted molar refractivity (Wildman–Crippen MR) is 131 cm³/mol. The van der Waals surface area contributed by atoms with Crippen LogP contribution in [0, 0.1) is 5.82 Å². The van der Waals surface area contributed by atoms with Crippen LogP contribution in [0.4, 0.5) is 19.0 Å². The van der Waals surface area contributed by atoms with Crippen LogP contribution in [0.5, 0.6) is 5.75 Å². The Bertz CT molecular complexity index is 1620. The van der Waals surface area contributed by atoms with Crippen molar-refractivity contribution >= 4 is 29.0 Å². The van der Waals surface area contributed by atoms with Gasteiger partial charge in [-0.2, -0.15) is 10.2 Å². The lowest BCUT2D eigenvalue weighted by molar-refractivity contribution is 0.102. The first-order valence-corrected chi connectivity index (χ1v) is 11.3. The van der Waals surface area contributed by atoms with Crippen LogP contribution in [0.1, 0.15) is 28.0 Å². The first-order chi connectivity index (χ1) is 17.9. The van der Waals surface area contributed by atoms with Gasteiger partial charge in [0, 0.05) is 17.3 Å². The third-order valence-corrected chi connectivity index (χ3v) is 5.87. The van der Waals surface area contributed by atoms with Gasteiger partial charge in [-0.05, 0) is 24.3 Å². The molecule has 0 unspecified atom stereocenters. The molecule has 2 aromatic carbocycles. The molecule has 0 spiro atoms. The number of rotatable bonds is 7. The number of alkyl halides is 2. The normalized spacial score (nSPS) is 11.3. The Morgan fingerprint density at radius 2 is 1.92 bits per heavy atom. The lowest BCUT2D eigenvalue weighted by Gasteiger charge is -2.11. The number of carbonyl (C=O) groups is 1. The highest BCUT2D eigenvalue weighted by molar-refractivity contribution is 6.33. The van der Waals surface area contributed by atoms with Gasteiger partial charge >= 0.3 is 0 Å². The molecule has 0 atom stereocenters. The molecule has 0 aliphatic heterocycles. The highest BCUT2D eigenvalue weighted by atomic mass is 35.5. The van der Waals surface area contributed by atoms with Crippen LogP contribution in [0.15, 0.2) is 67.0 Å². The van der Waals surface area contributed by atoms with Crippen molar-refractivity contribution in [3.63, 3.8) is 0 Å². The van der Waals surface area contributed by atoms with Crippen molar-refractivity contribution in [2.24, 2.45) is 0 Å². The number of carbonyl (C=O) groups excluding carboxylic acids is 1. The summed E-state index contributed by atoms with van der Waals surface area (Å²) in [4.78, 5) is 17.6. The van der Waals surface area contributed by atoms with E-state index in [0.717, 1.165) is 10.7 Å². The van der Waals surface area contributed by atoms with Gasteiger partial charge in [0.25, 0.3) is 12.3 Å². The van der Waals surface area contributed by atoms with E-state index in [1.807, 2.05) is 0 Å². The van der Waals surface area contributed by atoms with Crippen LogP contribution < -0.4 is 10.1 Å². The highest BCUT2D eigenvalue weighted by Crippen LogP contribution is 2.32. The Kier molecular flexibility index (Phi) is 6.53. The summed E-state index contributed by atoms with van der Waals surface area (Å²) in [5, 5.41) is 10.8. The van der Waals surface area contributed by atoms with E-state index in [4.69, 9.17) is 16.3 Å². The summed E-state index contributed by atoms with van der Waals surface area (Å²) in [6.45, 7) is 0.0839. The minimum Gasteiger partial charge on any atom is -0.496 e. The minimum absolute atomic E-state index is 0.0114. The van der Waals surface area contributed by atoms with Crippen LogP contribution in [-0.4, -0.2) is 37.4 Å². The highest BCUT2D eigenvalue weighted by Gasteiger charge is 2.23. The number of ether oxygens (including phenoxy) is 1. The number of benzene rings is 2. The summed E-state index contributed by atoms with van der Waals surface area (Å²) in [6, 6.07) is 14.2. The molecule has 0 saturated carbocycles. The van der Waals surface area contributed by atoms with Crippen molar-refractivity contribution in [1.82, 2.24) is 24.4 Å². The van der Waals surface area contributed by atoms with Crippen molar-refractivity contribution in [3.05, 3.63) is 94.7 Å². The molecule has 1 amide bonds. The number of hydrogen-bond donors (Lipinski definition) is 1. The monoisotopic (exact) mass is 526 g/mol. The van der Waals surface area contributed by atoms with Crippen molar-refractivity contribution in [2.75, 3.05) is 12.4 Å². The molecule has 188 valence electrons. The van der Waals surface area contributed by atoms with Gasteiger partial charge in [0.05, 0.1) is 25.5 Å². The zero-order valence-electron chi connectivity index (χ0n) is 19.2. The third-order valence-electron chi connectivity index (χ3n) is 5.59. The van der Waals surface area contributed by atoms with Gasteiger partial charge < -0.3 is 10.1 Å². The van der Waals surface area contributed by atoms with Crippen molar-refractivity contribution < 1.29 is 22.7 Å². The predicted octanol–water partition coefficient (Wildman–Crippen LogP) is 5.63. The molecule has 1 N–H and O–H groups in total. The fourth-order valence-electron chi connectivity index (χ4n) is 3.83. The molecule has 8 nitrogen and oxygen atoms in total. The standard InChI is InChI=1S/C25H18ClF3N6O2/c1-37-21-9-5-3-7-15(21)19-10-20(22(28)29)35-24(31-19)16(11-30-35)25(36)32-23-17(26)13-34(33-23)12-14-6-2-4-8-18(14)27/h2-11,13,22H,12H2,1H3,(H,32,33,36). The van der Waals surface area contributed by atoms with Gasteiger partial charge in [-0.1, -0.05) is 41.9 Å². The van der Waals surface area contributed by atoms with E-state index in [0.29, 0.717) is 16.9 Å². The van der Waals surface area contributed by atoms with Crippen molar-refractivity contribution in [3.8, 4) is 17.0 Å². The third kappa shape index (κ3) is 4.73. The number of para-hydroxylation sites is 1. The summed E-state index contributed by atoms with van der Waals surface area (Å²) in [5.74, 6) is -0.676. The van der Waals surface area contributed by atoms with Gasteiger partial charge in [-0.25, -0.2) is 22.7 Å². The molecule has 0 aliphatic carbocycles. The summed E-state index contributed by atoms with van der Waals surface area (Å²) in [7, 11) is 1.46. The molecule has 5 rings (SSSR count). The van der Waals surface area contributed by atoms with Crippen molar-refractivity contribution in [2.45, 2.75) is 13.0 Å². The van der Waals surface area contributed by atoms with Gasteiger partial charge in [0.2, 0.25) is 0 Å². The zero-order chi connectivity index (χ0) is 26.1. The molecule has 0 bridgehead atoms.